The lowest BCUT2D eigenvalue weighted by Gasteiger charge is -2.51. The summed E-state index contributed by atoms with van der Waals surface area (Å²) in [6.45, 7) is 11.5. The lowest BCUT2D eigenvalue weighted by molar-refractivity contribution is -0.332. The Labute approximate surface area is 273 Å². The summed E-state index contributed by atoms with van der Waals surface area (Å²) in [6.07, 6.45) is -12.7. The van der Waals surface area contributed by atoms with Gasteiger partial charge in [-0.1, -0.05) is 45.0 Å². The van der Waals surface area contributed by atoms with E-state index in [2.05, 4.69) is 31.0 Å². The highest BCUT2D eigenvalue weighted by Gasteiger charge is 2.54. The van der Waals surface area contributed by atoms with Crippen LogP contribution in [-0.4, -0.2) is 127 Å². The van der Waals surface area contributed by atoms with Gasteiger partial charge in [0.25, 0.3) is 5.91 Å². The normalized spacial score (nSPS) is 31.4. The van der Waals surface area contributed by atoms with Crippen molar-refractivity contribution < 1.29 is 49.0 Å². The van der Waals surface area contributed by atoms with Gasteiger partial charge in [0.15, 0.2) is 18.2 Å². The van der Waals surface area contributed by atoms with Crippen LogP contribution in [-0.2, 0) is 35.1 Å². The summed E-state index contributed by atoms with van der Waals surface area (Å²) < 4.78 is 23.9. The Kier molecular flexibility index (Phi) is 11.9. The van der Waals surface area contributed by atoms with Gasteiger partial charge in [-0.3, -0.25) is 9.59 Å². The van der Waals surface area contributed by atoms with Crippen LogP contribution >= 0.6 is 0 Å². The molecule has 2 aliphatic rings. The molecule has 16 heteroatoms. The molecule has 4 unspecified atom stereocenters. The number of hydrogen-bond donors (Lipinski definition) is 6. The van der Waals surface area contributed by atoms with Crippen molar-refractivity contribution in [3.8, 4) is 11.4 Å². The van der Waals surface area contributed by atoms with Gasteiger partial charge >= 0.3 is 0 Å². The van der Waals surface area contributed by atoms with E-state index in [4.69, 9.17) is 18.9 Å². The predicted molar refractivity (Wildman–Crippen MR) is 164 cm³/mol. The summed E-state index contributed by atoms with van der Waals surface area (Å²) in [5.74, 6) is -0.288. The second-order valence-electron chi connectivity index (χ2n) is 13.2. The van der Waals surface area contributed by atoms with E-state index in [0.717, 1.165) is 5.56 Å². The summed E-state index contributed by atoms with van der Waals surface area (Å²) in [4.78, 5) is 25.8. The van der Waals surface area contributed by atoms with Crippen molar-refractivity contribution in [2.24, 2.45) is 5.41 Å². The molecule has 10 atom stereocenters. The zero-order valence-corrected chi connectivity index (χ0v) is 27.6. The number of aryl methyl sites for hydroxylation is 1. The Bertz CT molecular complexity index is 1340. The number of rotatable bonds is 10. The molecule has 2 amide bonds. The lowest BCUT2D eigenvalue weighted by Crippen LogP contribution is -2.70. The van der Waals surface area contributed by atoms with Crippen molar-refractivity contribution in [1.29, 1.82) is 0 Å². The van der Waals surface area contributed by atoms with Crippen LogP contribution in [0.25, 0.3) is 11.4 Å². The highest BCUT2D eigenvalue weighted by molar-refractivity contribution is 5.81. The minimum absolute atomic E-state index is 0.0809. The van der Waals surface area contributed by atoms with Gasteiger partial charge in [0, 0.05) is 19.0 Å². The highest BCUT2D eigenvalue weighted by Crippen LogP contribution is 2.36. The van der Waals surface area contributed by atoms with Crippen LogP contribution in [0.2, 0.25) is 0 Å². The quantitative estimate of drug-likeness (QED) is 0.182. The number of carbonyl (C=O) groups excluding carboxylic acids is 2. The van der Waals surface area contributed by atoms with Crippen LogP contribution in [0, 0.1) is 12.3 Å². The van der Waals surface area contributed by atoms with Crippen molar-refractivity contribution in [2.75, 3.05) is 6.61 Å². The number of nitrogens with zero attached hydrogens (tertiary/aromatic N) is 4. The molecule has 1 aromatic carbocycles. The SMILES string of the molecule is CC(=O)N[C@H]1C(O[C@@H]2OC(C(=O)NCc3ccc(-c4nnc(C)nn4)cc3)[C@@H](OC(C)C)C(O)[C@@H]2O)[C@H](O)C(CO)O[C@H]1C(C)(C)C. The first-order valence-corrected chi connectivity index (χ1v) is 15.6. The summed E-state index contributed by atoms with van der Waals surface area (Å²) in [7, 11) is 0. The maximum atomic E-state index is 13.6. The molecule has 6 N–H and O–H groups in total. The number of benzene rings is 1. The molecule has 0 spiro atoms. The molecule has 1 aromatic heterocycles. The molecule has 2 aliphatic heterocycles. The first-order chi connectivity index (χ1) is 22.1. The fourth-order valence-corrected chi connectivity index (χ4v) is 5.64. The van der Waals surface area contributed by atoms with Gasteiger partial charge in [-0.25, -0.2) is 0 Å². The molecule has 0 bridgehead atoms. The number of aromatic nitrogens is 4. The molecule has 260 valence electrons. The maximum absolute atomic E-state index is 13.6. The molecule has 3 heterocycles. The average Bonchev–Trinajstić information content (AvgIpc) is 3.00. The fourth-order valence-electron chi connectivity index (χ4n) is 5.64. The van der Waals surface area contributed by atoms with Gasteiger partial charge in [-0.15, -0.1) is 20.4 Å². The van der Waals surface area contributed by atoms with E-state index >= 15 is 0 Å². The average molecular weight is 663 g/mol. The first-order valence-electron chi connectivity index (χ1n) is 15.6. The van der Waals surface area contributed by atoms with E-state index in [9.17, 15) is 30.0 Å². The van der Waals surface area contributed by atoms with Crippen molar-refractivity contribution in [3.05, 3.63) is 35.7 Å². The Morgan fingerprint density at radius 2 is 1.60 bits per heavy atom. The van der Waals surface area contributed by atoms with E-state index in [1.165, 1.54) is 6.92 Å². The van der Waals surface area contributed by atoms with Crippen molar-refractivity contribution >= 4 is 11.8 Å². The largest absolute Gasteiger partial charge is 0.394 e. The molecule has 0 aliphatic carbocycles. The van der Waals surface area contributed by atoms with Crippen LogP contribution in [0.5, 0.6) is 0 Å². The van der Waals surface area contributed by atoms with Crippen molar-refractivity contribution in [3.63, 3.8) is 0 Å². The van der Waals surface area contributed by atoms with Crippen LogP contribution in [0.15, 0.2) is 24.3 Å². The third-order valence-electron chi connectivity index (χ3n) is 7.90. The standard InChI is InChI=1S/C31H46N6O10/c1-14(2)44-25-22(41)23(42)30(46-24-20(33-16(4)39)27(31(5,6)7)45-19(13-38)21(24)40)47-26(25)29(43)32-12-17-8-10-18(11-9-17)28-36-34-15(3)35-37-28/h8-11,14,19-27,30,38,40-42H,12-13H2,1-7H3,(H,32,43)(H,33,39)/t19?,20-,21+,22?,23-,24?,25-,26?,27+,30+/m0/s1. The number of ether oxygens (including phenoxy) is 4. The van der Waals surface area contributed by atoms with Crippen LogP contribution in [0.4, 0.5) is 0 Å². The summed E-state index contributed by atoms with van der Waals surface area (Å²) in [6, 6.07) is 6.11. The van der Waals surface area contributed by atoms with Gasteiger partial charge in [0.05, 0.1) is 24.9 Å². The third-order valence-corrected chi connectivity index (χ3v) is 7.90. The Morgan fingerprint density at radius 3 is 2.15 bits per heavy atom. The highest BCUT2D eigenvalue weighted by atomic mass is 16.7. The molecule has 0 saturated carbocycles. The van der Waals surface area contributed by atoms with Gasteiger partial charge in [0.2, 0.25) is 11.7 Å². The zero-order chi connectivity index (χ0) is 34.6. The lowest BCUT2D eigenvalue weighted by atomic mass is 9.78. The van der Waals surface area contributed by atoms with Crippen molar-refractivity contribution in [1.82, 2.24) is 31.0 Å². The molecular weight excluding hydrogens is 616 g/mol. The summed E-state index contributed by atoms with van der Waals surface area (Å²) >= 11 is 0. The third kappa shape index (κ3) is 8.83. The predicted octanol–water partition coefficient (Wildman–Crippen LogP) is -0.845. The number of amides is 2. The van der Waals surface area contributed by atoms with Gasteiger partial charge < -0.3 is 50.0 Å². The Hall–Kier alpha value is -3.22. The second kappa shape index (κ2) is 15.3. The smallest absolute Gasteiger partial charge is 0.252 e. The van der Waals surface area contributed by atoms with E-state index in [1.807, 2.05) is 20.8 Å². The fraction of sp³-hybridized carbons (Fsp3) is 0.677. The molecule has 4 rings (SSSR count). The summed E-state index contributed by atoms with van der Waals surface area (Å²) in [5, 5.41) is 64.8. The van der Waals surface area contributed by atoms with Crippen LogP contribution in [0.3, 0.4) is 0 Å². The minimum Gasteiger partial charge on any atom is -0.394 e. The Balaban J connectivity index is 1.54. The molecule has 0 radical (unpaired) electrons. The molecule has 47 heavy (non-hydrogen) atoms. The number of carbonyl (C=O) groups is 2. The van der Waals surface area contributed by atoms with E-state index in [0.29, 0.717) is 17.2 Å². The first kappa shape index (κ1) is 36.6. The topological polar surface area (TPSA) is 228 Å². The second-order valence-corrected chi connectivity index (χ2v) is 13.2. The maximum Gasteiger partial charge on any atom is 0.252 e. The number of aliphatic hydroxyl groups is 4. The van der Waals surface area contributed by atoms with Gasteiger partial charge in [-0.05, 0) is 31.7 Å². The van der Waals surface area contributed by atoms with Crippen LogP contribution in [0.1, 0.15) is 52.9 Å². The number of aliphatic hydroxyl groups excluding tert-OH is 4. The minimum atomic E-state index is -1.71. The molecule has 2 aromatic rings. The van der Waals surface area contributed by atoms with Gasteiger partial charge in [-0.2, -0.15) is 0 Å². The summed E-state index contributed by atoms with van der Waals surface area (Å²) in [5.41, 5.74) is 0.821. The molecular formula is C31H46N6O10. The molecule has 16 nitrogen and oxygen atoms in total. The number of hydrogen-bond acceptors (Lipinski definition) is 14. The van der Waals surface area contributed by atoms with E-state index in [1.54, 1.807) is 45.0 Å². The van der Waals surface area contributed by atoms with Crippen molar-refractivity contribution in [2.45, 2.75) is 122 Å². The van der Waals surface area contributed by atoms with Crippen LogP contribution < -0.4 is 10.6 Å². The van der Waals surface area contributed by atoms with E-state index in [-0.39, 0.29) is 6.54 Å². The van der Waals surface area contributed by atoms with E-state index < -0.39 is 91.1 Å². The molecule has 2 saturated heterocycles. The molecule has 2 fully saturated rings. The zero-order valence-electron chi connectivity index (χ0n) is 27.6. The Morgan fingerprint density at radius 1 is 0.957 bits per heavy atom. The van der Waals surface area contributed by atoms with Gasteiger partial charge in [0.1, 0.15) is 36.6 Å². The monoisotopic (exact) mass is 662 g/mol. The number of nitrogens with one attached hydrogen (secondary N) is 2.